The van der Waals surface area contributed by atoms with Crippen molar-refractivity contribution in [1.82, 2.24) is 13.9 Å². The highest BCUT2D eigenvalue weighted by atomic mass is 32.2. The Morgan fingerprint density at radius 3 is 2.15 bits per heavy atom. The minimum atomic E-state index is -4.07. The summed E-state index contributed by atoms with van der Waals surface area (Å²) in [5, 5.41) is 2.18. The molecule has 0 saturated carbocycles. The summed E-state index contributed by atoms with van der Waals surface area (Å²) in [7, 11) is -0.0916. The lowest BCUT2D eigenvalue weighted by atomic mass is 9.93. The molecule has 8 rings (SSSR count). The van der Waals surface area contributed by atoms with Gasteiger partial charge in [-0.25, -0.2) is 13.2 Å². The van der Waals surface area contributed by atoms with Crippen molar-refractivity contribution in [2.75, 3.05) is 32.1 Å². The SMILES string of the molecule is CN(c1ccccc1)c1ccc2c(-c3ccccc3S(=O)(=O)N3CCC(C(=O)ON4C(=O)CCC4=O)CC3)c3ccc(=[N+](C)c4ccccc4)cc-3oc2c1. The summed E-state index contributed by atoms with van der Waals surface area (Å²) < 4.78 is 39.3. The van der Waals surface area contributed by atoms with Crippen molar-refractivity contribution < 1.29 is 32.1 Å². The van der Waals surface area contributed by atoms with Crippen molar-refractivity contribution in [2.45, 2.75) is 30.6 Å². The molecular weight excluding hydrogens is 717 g/mol. The molecule has 4 aliphatic rings. The molecule has 0 spiro atoms. The summed E-state index contributed by atoms with van der Waals surface area (Å²) in [6.07, 6.45) is 0.365. The molecule has 0 atom stereocenters. The van der Waals surface area contributed by atoms with Crippen LogP contribution < -0.4 is 14.8 Å². The molecule has 3 heterocycles. The maximum absolute atomic E-state index is 14.6. The van der Waals surface area contributed by atoms with Crippen LogP contribution in [0.2, 0.25) is 0 Å². The summed E-state index contributed by atoms with van der Waals surface area (Å²) in [5.74, 6) is -1.88. The number of hydroxylamine groups is 2. The molecule has 2 saturated heterocycles. The van der Waals surface area contributed by atoms with Crippen LogP contribution in [0.25, 0.3) is 33.4 Å². The zero-order valence-electron chi connectivity index (χ0n) is 30.4. The van der Waals surface area contributed by atoms with Gasteiger partial charge >= 0.3 is 5.97 Å². The molecule has 55 heavy (non-hydrogen) atoms. The number of benzene rings is 5. The molecule has 1 aliphatic carbocycles. The number of fused-ring (bicyclic) bond motifs is 2. The van der Waals surface area contributed by atoms with E-state index in [0.717, 1.165) is 38.9 Å². The van der Waals surface area contributed by atoms with Crippen LogP contribution in [-0.2, 0) is 29.2 Å². The molecule has 2 amide bonds. The van der Waals surface area contributed by atoms with Gasteiger partial charge in [0.15, 0.2) is 0 Å². The van der Waals surface area contributed by atoms with Gasteiger partial charge < -0.3 is 14.2 Å². The van der Waals surface area contributed by atoms with Crippen LogP contribution in [-0.4, -0.2) is 62.8 Å². The molecule has 11 nitrogen and oxygen atoms in total. The maximum Gasteiger partial charge on any atom is 0.336 e. The first-order valence-electron chi connectivity index (χ1n) is 18.2. The molecule has 0 bridgehead atoms. The van der Waals surface area contributed by atoms with Crippen molar-refractivity contribution in [3.63, 3.8) is 0 Å². The molecule has 4 aromatic rings. The van der Waals surface area contributed by atoms with Crippen LogP contribution in [0.5, 0.6) is 0 Å². The Kier molecular flexibility index (Phi) is 9.54. The Morgan fingerprint density at radius 2 is 1.44 bits per heavy atom. The third kappa shape index (κ3) is 6.79. The van der Waals surface area contributed by atoms with E-state index in [9.17, 15) is 22.8 Å². The van der Waals surface area contributed by atoms with E-state index in [-0.39, 0.29) is 43.7 Å². The molecular formula is C43H39N4O7S+. The zero-order valence-corrected chi connectivity index (χ0v) is 31.2. The van der Waals surface area contributed by atoms with Gasteiger partial charge in [-0.3, -0.25) is 9.59 Å². The fourth-order valence-corrected chi connectivity index (χ4v) is 9.04. The number of nitrogens with zero attached hydrogens (tertiary/aromatic N) is 4. The van der Waals surface area contributed by atoms with E-state index in [1.54, 1.807) is 12.1 Å². The van der Waals surface area contributed by atoms with E-state index in [4.69, 9.17) is 9.25 Å². The number of anilines is 2. The smallest absolute Gasteiger partial charge is 0.336 e. The average Bonchev–Trinajstić information content (AvgIpc) is 3.54. The number of carbonyl (C=O) groups is 3. The Morgan fingerprint density at radius 1 is 0.782 bits per heavy atom. The summed E-state index contributed by atoms with van der Waals surface area (Å²) in [4.78, 5) is 44.2. The third-order valence-electron chi connectivity index (χ3n) is 10.5. The van der Waals surface area contributed by atoms with E-state index in [2.05, 4.69) is 9.48 Å². The van der Waals surface area contributed by atoms with Crippen LogP contribution in [0.1, 0.15) is 25.7 Å². The fraction of sp³-hybridized carbons (Fsp3) is 0.209. The summed E-state index contributed by atoms with van der Waals surface area (Å²) >= 11 is 0. The van der Waals surface area contributed by atoms with Gasteiger partial charge in [0.2, 0.25) is 21.1 Å². The summed E-state index contributed by atoms with van der Waals surface area (Å²) in [5.41, 5.74) is 5.47. The second kappa shape index (κ2) is 14.6. The minimum absolute atomic E-state index is 0.0000872. The van der Waals surface area contributed by atoms with Crippen LogP contribution in [0.4, 0.5) is 17.1 Å². The Balaban J connectivity index is 1.20. The van der Waals surface area contributed by atoms with Crippen LogP contribution in [0.15, 0.2) is 131 Å². The average molecular weight is 756 g/mol. The number of rotatable bonds is 8. The van der Waals surface area contributed by atoms with Crippen molar-refractivity contribution in [2.24, 2.45) is 5.92 Å². The molecule has 0 radical (unpaired) electrons. The normalized spacial score (nSPS) is 16.1. The highest BCUT2D eigenvalue weighted by Gasteiger charge is 2.38. The van der Waals surface area contributed by atoms with Gasteiger partial charge in [-0.05, 0) is 49.2 Å². The quantitative estimate of drug-likeness (QED) is 0.0955. The maximum atomic E-state index is 14.6. The highest BCUT2D eigenvalue weighted by Crippen LogP contribution is 2.44. The van der Waals surface area contributed by atoms with Crippen molar-refractivity contribution in [3.8, 4) is 22.5 Å². The standard InChI is InChI=1S/C43H39N4O7S/c1-44(30-11-5-3-6-12-30)32-17-19-34-37(27-32)53-38-28-33(45(2)31-13-7-4-8-14-31)18-20-35(38)42(34)36-15-9-10-16-39(36)55(51,52)46-25-23-29(24-26-46)43(50)54-47-40(48)21-22-41(47)49/h3-20,27-29H,21-26H2,1-2H3/q+1. The lowest BCUT2D eigenvalue weighted by Crippen LogP contribution is -2.42. The van der Waals surface area contributed by atoms with E-state index in [1.807, 2.05) is 123 Å². The number of hydrogen-bond donors (Lipinski definition) is 0. The Bertz CT molecular complexity index is 2580. The lowest BCUT2D eigenvalue weighted by Gasteiger charge is -2.31. The number of sulfonamides is 1. The number of para-hydroxylation sites is 2. The van der Waals surface area contributed by atoms with Gasteiger partial charge in [0, 0.05) is 90.7 Å². The topological polar surface area (TPSA) is 120 Å². The van der Waals surface area contributed by atoms with E-state index in [1.165, 1.54) is 4.31 Å². The Hall–Kier alpha value is -6.11. The number of piperidine rings is 1. The van der Waals surface area contributed by atoms with Gasteiger partial charge in [0.25, 0.3) is 11.8 Å². The first-order chi connectivity index (χ1) is 26.6. The number of amides is 2. The molecule has 3 aliphatic heterocycles. The van der Waals surface area contributed by atoms with Gasteiger partial charge in [-0.15, -0.1) is 5.06 Å². The first kappa shape index (κ1) is 35.9. The van der Waals surface area contributed by atoms with Crippen LogP contribution in [0.3, 0.4) is 0 Å². The molecule has 278 valence electrons. The second-order valence-corrected chi connectivity index (χ2v) is 15.7. The predicted octanol–water partition coefficient (Wildman–Crippen LogP) is 6.71. The molecule has 2 fully saturated rings. The van der Waals surface area contributed by atoms with Crippen molar-refractivity contribution in [1.29, 1.82) is 0 Å². The zero-order chi connectivity index (χ0) is 38.3. The van der Waals surface area contributed by atoms with E-state index in [0.29, 0.717) is 22.0 Å². The molecule has 0 aromatic heterocycles. The highest BCUT2D eigenvalue weighted by molar-refractivity contribution is 7.89. The third-order valence-corrected chi connectivity index (χ3v) is 12.5. The van der Waals surface area contributed by atoms with Crippen molar-refractivity contribution >= 4 is 55.8 Å². The molecule has 0 N–H and O–H groups in total. The number of imide groups is 1. The van der Waals surface area contributed by atoms with Gasteiger partial charge in [-0.2, -0.15) is 8.88 Å². The van der Waals surface area contributed by atoms with Gasteiger partial charge in [0.05, 0.1) is 16.9 Å². The summed E-state index contributed by atoms with van der Waals surface area (Å²) in [6.45, 7) is 0.128. The van der Waals surface area contributed by atoms with Crippen LogP contribution in [0, 0.1) is 5.92 Å². The number of hydrogen-bond acceptors (Lipinski definition) is 8. The second-order valence-electron chi connectivity index (χ2n) is 13.8. The largest absolute Gasteiger partial charge is 0.456 e. The molecule has 0 unspecified atom stereocenters. The Labute approximate surface area is 318 Å². The monoisotopic (exact) mass is 755 g/mol. The van der Waals surface area contributed by atoms with E-state index < -0.39 is 33.7 Å². The van der Waals surface area contributed by atoms with Crippen molar-refractivity contribution in [3.05, 3.63) is 127 Å². The van der Waals surface area contributed by atoms with Crippen LogP contribution >= 0.6 is 0 Å². The molecule has 12 heteroatoms. The predicted molar refractivity (Wildman–Crippen MR) is 209 cm³/mol. The fourth-order valence-electron chi connectivity index (χ4n) is 7.37. The molecule has 4 aromatic carbocycles. The minimum Gasteiger partial charge on any atom is -0.456 e. The van der Waals surface area contributed by atoms with E-state index >= 15 is 0 Å². The lowest BCUT2D eigenvalue weighted by molar-refractivity contribution is -0.201. The summed E-state index contributed by atoms with van der Waals surface area (Å²) in [6, 6.07) is 38.9. The van der Waals surface area contributed by atoms with Gasteiger partial charge in [-0.1, -0.05) is 54.6 Å². The first-order valence-corrected chi connectivity index (χ1v) is 19.6. The number of carbonyl (C=O) groups excluding carboxylic acids is 3. The van der Waals surface area contributed by atoms with Gasteiger partial charge in [0.1, 0.15) is 18.4 Å².